The maximum absolute atomic E-state index is 14.1. The molecule has 6 heteroatoms. The van der Waals surface area contributed by atoms with E-state index in [0.29, 0.717) is 5.39 Å². The summed E-state index contributed by atoms with van der Waals surface area (Å²) < 4.78 is 29.8. The first-order chi connectivity index (χ1) is 8.92. The molecule has 0 unspecified atom stereocenters. The number of halogens is 3. The highest BCUT2D eigenvalue weighted by molar-refractivity contribution is 9.10. The van der Waals surface area contributed by atoms with Gasteiger partial charge in [-0.1, -0.05) is 12.1 Å². The summed E-state index contributed by atoms with van der Waals surface area (Å²) >= 11 is 4.60. The summed E-state index contributed by atoms with van der Waals surface area (Å²) in [5.41, 5.74) is -0.0146. The van der Waals surface area contributed by atoms with Gasteiger partial charge in [0.05, 0.1) is 0 Å². The quantitative estimate of drug-likeness (QED) is 0.824. The van der Waals surface area contributed by atoms with Gasteiger partial charge in [0.15, 0.2) is 0 Å². The van der Waals surface area contributed by atoms with E-state index in [1.54, 1.807) is 12.1 Å². The van der Waals surface area contributed by atoms with Gasteiger partial charge in [0.25, 0.3) is 5.92 Å². The first-order valence-corrected chi connectivity index (χ1v) is 7.35. The minimum Gasteiger partial charge on any atom is -0.481 e. The predicted molar refractivity (Wildman–Crippen MR) is 74.9 cm³/mol. The number of rotatable bonds is 5. The third kappa shape index (κ3) is 3.12. The molecular formula is C13H11BrF2O2S. The second kappa shape index (κ2) is 5.54. The van der Waals surface area contributed by atoms with Crippen molar-refractivity contribution < 1.29 is 18.7 Å². The monoisotopic (exact) mass is 348 g/mol. The second-order valence-corrected chi connectivity index (χ2v) is 5.95. The van der Waals surface area contributed by atoms with Crippen molar-refractivity contribution in [3.63, 3.8) is 0 Å². The molecule has 1 heterocycles. The van der Waals surface area contributed by atoms with E-state index >= 15 is 0 Å². The highest BCUT2D eigenvalue weighted by Gasteiger charge is 2.33. The maximum Gasteiger partial charge on any atom is 0.303 e. The lowest BCUT2D eigenvalue weighted by molar-refractivity contribution is -0.137. The molecule has 0 bridgehead atoms. The van der Waals surface area contributed by atoms with E-state index in [2.05, 4.69) is 15.9 Å². The van der Waals surface area contributed by atoms with E-state index in [9.17, 15) is 13.6 Å². The molecule has 0 spiro atoms. The lowest BCUT2D eigenvalue weighted by atomic mass is 10.0. The van der Waals surface area contributed by atoms with E-state index in [1.165, 1.54) is 16.7 Å². The highest BCUT2D eigenvalue weighted by Crippen LogP contribution is 2.42. The molecule has 19 heavy (non-hydrogen) atoms. The molecule has 0 aliphatic carbocycles. The zero-order valence-corrected chi connectivity index (χ0v) is 12.2. The molecule has 0 saturated heterocycles. The van der Waals surface area contributed by atoms with Crippen LogP contribution in [0, 0.1) is 0 Å². The Morgan fingerprint density at radius 2 is 2.16 bits per heavy atom. The van der Waals surface area contributed by atoms with E-state index in [1.807, 2.05) is 6.07 Å². The largest absolute Gasteiger partial charge is 0.481 e. The number of fused-ring (bicyclic) bond motifs is 1. The van der Waals surface area contributed by atoms with Crippen molar-refractivity contribution in [1.82, 2.24) is 0 Å². The fourth-order valence-electron chi connectivity index (χ4n) is 1.90. The van der Waals surface area contributed by atoms with Crippen molar-refractivity contribution in [2.24, 2.45) is 0 Å². The van der Waals surface area contributed by atoms with Gasteiger partial charge in [0, 0.05) is 38.3 Å². The Balaban J connectivity index is 2.27. The smallest absolute Gasteiger partial charge is 0.303 e. The van der Waals surface area contributed by atoms with Crippen molar-refractivity contribution in [3.8, 4) is 0 Å². The number of aliphatic carboxylic acids is 1. The van der Waals surface area contributed by atoms with Gasteiger partial charge in [-0.05, 0) is 28.4 Å². The van der Waals surface area contributed by atoms with Crippen LogP contribution >= 0.6 is 27.3 Å². The van der Waals surface area contributed by atoms with Crippen molar-refractivity contribution in [3.05, 3.63) is 33.6 Å². The van der Waals surface area contributed by atoms with Crippen LogP contribution in [0.3, 0.4) is 0 Å². The van der Waals surface area contributed by atoms with Gasteiger partial charge in [-0.3, -0.25) is 4.79 Å². The lowest BCUT2D eigenvalue weighted by Crippen LogP contribution is -2.13. The summed E-state index contributed by atoms with van der Waals surface area (Å²) in [4.78, 5) is 10.4. The van der Waals surface area contributed by atoms with Crippen LogP contribution in [0.2, 0.25) is 0 Å². The number of hydrogen-bond acceptors (Lipinski definition) is 2. The topological polar surface area (TPSA) is 37.3 Å². The molecule has 2 rings (SSSR count). The van der Waals surface area contributed by atoms with E-state index < -0.39 is 18.3 Å². The molecule has 0 atom stereocenters. The summed E-state index contributed by atoms with van der Waals surface area (Å²) in [5.74, 6) is -4.04. The standard InChI is InChI=1S/C13H11BrF2O2S/c14-10-4-1-3-8-9(7-19-12(8)10)13(15,16)6-2-5-11(17)18/h1,3-4,7H,2,5-6H2,(H,17,18). The van der Waals surface area contributed by atoms with Crippen LogP contribution in [0.5, 0.6) is 0 Å². The van der Waals surface area contributed by atoms with Crippen molar-refractivity contribution >= 4 is 43.3 Å². The summed E-state index contributed by atoms with van der Waals surface area (Å²) in [6.07, 6.45) is -0.716. The van der Waals surface area contributed by atoms with Gasteiger partial charge in [-0.2, -0.15) is 0 Å². The SMILES string of the molecule is O=C(O)CCCC(F)(F)c1csc2c(Br)cccc12. The van der Waals surface area contributed by atoms with Gasteiger partial charge >= 0.3 is 5.97 Å². The molecule has 2 nitrogen and oxygen atoms in total. The van der Waals surface area contributed by atoms with Gasteiger partial charge < -0.3 is 5.11 Å². The van der Waals surface area contributed by atoms with Crippen LogP contribution in [0.4, 0.5) is 8.78 Å². The van der Waals surface area contributed by atoms with Crippen LogP contribution in [-0.4, -0.2) is 11.1 Å². The molecule has 0 fully saturated rings. The number of carboxylic acid groups (broad SMARTS) is 1. The van der Waals surface area contributed by atoms with Gasteiger partial charge in [0.2, 0.25) is 0 Å². The number of thiophene rings is 1. The Labute approximate surface area is 121 Å². The highest BCUT2D eigenvalue weighted by atomic mass is 79.9. The number of alkyl halides is 2. The normalized spacial score (nSPS) is 11.9. The fraction of sp³-hybridized carbons (Fsp3) is 0.308. The third-order valence-corrected chi connectivity index (χ3v) is 4.78. The molecular weight excluding hydrogens is 338 g/mol. The average Bonchev–Trinajstić information content (AvgIpc) is 2.74. The number of carbonyl (C=O) groups is 1. The van der Waals surface area contributed by atoms with E-state index in [4.69, 9.17) is 5.11 Å². The Hall–Kier alpha value is -1.01. The fourth-order valence-corrected chi connectivity index (χ4v) is 3.57. The van der Waals surface area contributed by atoms with Gasteiger partial charge in [0.1, 0.15) is 0 Å². The van der Waals surface area contributed by atoms with E-state index in [-0.39, 0.29) is 18.4 Å². The second-order valence-electron chi connectivity index (χ2n) is 4.22. The summed E-state index contributed by atoms with van der Waals surface area (Å²) in [5, 5.41) is 10.5. The Morgan fingerprint density at radius 1 is 1.42 bits per heavy atom. The molecule has 0 aliphatic rings. The number of hydrogen-bond donors (Lipinski definition) is 1. The first-order valence-electron chi connectivity index (χ1n) is 5.67. The molecule has 1 aromatic carbocycles. The lowest BCUT2D eigenvalue weighted by Gasteiger charge is -2.15. The molecule has 1 aromatic heterocycles. The van der Waals surface area contributed by atoms with Crippen molar-refractivity contribution in [2.45, 2.75) is 25.2 Å². The number of benzene rings is 1. The van der Waals surface area contributed by atoms with Crippen LogP contribution in [0.1, 0.15) is 24.8 Å². The Bertz CT molecular complexity index is 610. The molecule has 0 saturated carbocycles. The minimum absolute atomic E-state index is 0.0146. The van der Waals surface area contributed by atoms with Crippen LogP contribution in [0.15, 0.2) is 28.1 Å². The predicted octanol–water partition coefficient (Wildman–Crippen LogP) is 5.01. The summed E-state index contributed by atoms with van der Waals surface area (Å²) in [6, 6.07) is 5.19. The minimum atomic E-state index is -2.99. The zero-order chi connectivity index (χ0) is 14.0. The average molecular weight is 349 g/mol. The molecule has 2 aromatic rings. The molecule has 0 amide bonds. The molecule has 102 valence electrons. The zero-order valence-electron chi connectivity index (χ0n) is 9.83. The number of carboxylic acids is 1. The van der Waals surface area contributed by atoms with Gasteiger partial charge in [-0.15, -0.1) is 11.3 Å². The molecule has 0 aliphatic heterocycles. The summed E-state index contributed by atoms with van der Waals surface area (Å²) in [7, 11) is 0. The van der Waals surface area contributed by atoms with Crippen molar-refractivity contribution in [2.75, 3.05) is 0 Å². The Morgan fingerprint density at radius 3 is 2.84 bits per heavy atom. The van der Waals surface area contributed by atoms with Crippen LogP contribution < -0.4 is 0 Å². The van der Waals surface area contributed by atoms with E-state index in [0.717, 1.165) is 9.17 Å². The summed E-state index contributed by atoms with van der Waals surface area (Å²) in [6.45, 7) is 0. The Kier molecular flexibility index (Phi) is 4.20. The van der Waals surface area contributed by atoms with Gasteiger partial charge in [-0.25, -0.2) is 8.78 Å². The van der Waals surface area contributed by atoms with Crippen molar-refractivity contribution in [1.29, 1.82) is 0 Å². The maximum atomic E-state index is 14.1. The molecule has 1 N–H and O–H groups in total. The third-order valence-electron chi connectivity index (χ3n) is 2.83. The molecule has 0 radical (unpaired) electrons. The van der Waals surface area contributed by atoms with Crippen LogP contribution in [-0.2, 0) is 10.7 Å². The first kappa shape index (κ1) is 14.4. The van der Waals surface area contributed by atoms with Crippen LogP contribution in [0.25, 0.3) is 10.1 Å².